The summed E-state index contributed by atoms with van der Waals surface area (Å²) in [5.74, 6) is 0.313. The van der Waals surface area contributed by atoms with Crippen LogP contribution in [0.4, 0.5) is 11.4 Å². The number of aromatic nitrogens is 4. The Labute approximate surface area is 192 Å². The summed E-state index contributed by atoms with van der Waals surface area (Å²) in [6.07, 6.45) is 6.98. The fourth-order valence-corrected chi connectivity index (χ4v) is 3.23. The summed E-state index contributed by atoms with van der Waals surface area (Å²) in [4.78, 5) is 22.7. The molecule has 4 rings (SSSR count). The summed E-state index contributed by atoms with van der Waals surface area (Å²) in [6.45, 7) is 3.32. The summed E-state index contributed by atoms with van der Waals surface area (Å²) < 4.78 is 14.6. The molecule has 1 amide bonds. The SMILES string of the molecule is CCn1cc(Cn2cc(NC(=O)c3ccc(COc4ccc([N+](=O)[O-])cc4Cl)o3)cn2)cn1. The van der Waals surface area contributed by atoms with Crippen molar-refractivity contribution in [3.63, 3.8) is 0 Å². The molecule has 0 radical (unpaired) electrons. The summed E-state index contributed by atoms with van der Waals surface area (Å²) in [5.41, 5.74) is 1.39. The van der Waals surface area contributed by atoms with E-state index in [4.69, 9.17) is 20.8 Å². The predicted molar refractivity (Wildman–Crippen MR) is 118 cm³/mol. The van der Waals surface area contributed by atoms with Gasteiger partial charge in [-0.3, -0.25) is 24.3 Å². The lowest BCUT2D eigenvalue weighted by Gasteiger charge is -2.06. The quantitative estimate of drug-likeness (QED) is 0.287. The molecule has 0 aliphatic heterocycles. The zero-order valence-corrected chi connectivity index (χ0v) is 18.2. The maximum atomic E-state index is 12.5. The number of carbonyl (C=O) groups excluding carboxylic acids is 1. The Bertz CT molecular complexity index is 1290. The zero-order chi connectivity index (χ0) is 23.4. The van der Waals surface area contributed by atoms with Gasteiger partial charge in [0.25, 0.3) is 11.6 Å². The number of hydrogen-bond donors (Lipinski definition) is 1. The first kappa shape index (κ1) is 22.1. The van der Waals surface area contributed by atoms with Crippen LogP contribution in [0.25, 0.3) is 0 Å². The van der Waals surface area contributed by atoms with Crippen molar-refractivity contribution in [3.8, 4) is 5.75 Å². The Morgan fingerprint density at radius 3 is 2.76 bits per heavy atom. The summed E-state index contributed by atoms with van der Waals surface area (Å²) >= 11 is 6.01. The Morgan fingerprint density at radius 2 is 2.03 bits per heavy atom. The monoisotopic (exact) mass is 470 g/mol. The van der Waals surface area contributed by atoms with Crippen molar-refractivity contribution in [1.82, 2.24) is 19.6 Å². The summed E-state index contributed by atoms with van der Waals surface area (Å²) in [7, 11) is 0. The van der Waals surface area contributed by atoms with Crippen LogP contribution in [-0.4, -0.2) is 30.4 Å². The first-order chi connectivity index (χ1) is 15.9. The number of ether oxygens (including phenoxy) is 1. The van der Waals surface area contributed by atoms with Gasteiger partial charge in [-0.05, 0) is 25.1 Å². The number of non-ortho nitro benzene ring substituents is 1. The highest BCUT2D eigenvalue weighted by atomic mass is 35.5. The van der Waals surface area contributed by atoms with Crippen molar-refractivity contribution in [3.05, 3.63) is 87.3 Å². The van der Waals surface area contributed by atoms with Crippen molar-refractivity contribution in [2.45, 2.75) is 26.6 Å². The maximum Gasteiger partial charge on any atom is 0.291 e. The smallest absolute Gasteiger partial charge is 0.291 e. The van der Waals surface area contributed by atoms with E-state index >= 15 is 0 Å². The molecule has 33 heavy (non-hydrogen) atoms. The molecule has 3 aromatic heterocycles. The maximum absolute atomic E-state index is 12.5. The number of furan rings is 1. The third kappa shape index (κ3) is 5.39. The number of aryl methyl sites for hydroxylation is 1. The number of nitrogens with one attached hydrogen (secondary N) is 1. The number of amides is 1. The molecule has 0 atom stereocenters. The van der Waals surface area contributed by atoms with Gasteiger partial charge in [0, 0.05) is 36.6 Å². The minimum atomic E-state index is -0.545. The predicted octanol–water partition coefficient (Wildman–Crippen LogP) is 4.13. The number of anilines is 1. The minimum absolute atomic E-state index is 0.00577. The number of nitro groups is 1. The molecule has 0 aliphatic carbocycles. The van der Waals surface area contributed by atoms with E-state index in [1.54, 1.807) is 29.3 Å². The largest absolute Gasteiger partial charge is 0.484 e. The van der Waals surface area contributed by atoms with Crippen molar-refractivity contribution < 1.29 is 18.9 Å². The lowest BCUT2D eigenvalue weighted by atomic mass is 10.3. The Morgan fingerprint density at radius 1 is 1.21 bits per heavy atom. The van der Waals surface area contributed by atoms with E-state index < -0.39 is 10.8 Å². The van der Waals surface area contributed by atoms with E-state index in [2.05, 4.69) is 15.5 Å². The van der Waals surface area contributed by atoms with Gasteiger partial charge in [0.1, 0.15) is 18.1 Å². The Balaban J connectivity index is 1.32. The molecule has 1 N–H and O–H groups in total. The highest BCUT2D eigenvalue weighted by Crippen LogP contribution is 2.29. The van der Waals surface area contributed by atoms with E-state index in [-0.39, 0.29) is 28.8 Å². The number of carbonyl (C=O) groups is 1. The molecule has 12 heteroatoms. The molecule has 4 aromatic rings. The van der Waals surface area contributed by atoms with Gasteiger partial charge in [0.05, 0.1) is 34.6 Å². The second-order valence-corrected chi connectivity index (χ2v) is 7.42. The Kier molecular flexibility index (Phi) is 6.41. The molecule has 0 saturated heterocycles. The normalized spacial score (nSPS) is 10.8. The van der Waals surface area contributed by atoms with Crippen LogP contribution in [0.2, 0.25) is 5.02 Å². The average Bonchev–Trinajstić information content (AvgIpc) is 3.54. The van der Waals surface area contributed by atoms with Crippen molar-refractivity contribution in [2.24, 2.45) is 0 Å². The molecule has 11 nitrogen and oxygen atoms in total. The number of rotatable bonds is 9. The van der Waals surface area contributed by atoms with E-state index in [0.29, 0.717) is 18.0 Å². The van der Waals surface area contributed by atoms with Gasteiger partial charge in [0.15, 0.2) is 5.76 Å². The topological polar surface area (TPSA) is 130 Å². The molecule has 3 heterocycles. The highest BCUT2D eigenvalue weighted by molar-refractivity contribution is 6.32. The first-order valence-electron chi connectivity index (χ1n) is 9.92. The fourth-order valence-electron chi connectivity index (χ4n) is 3.00. The molecular weight excluding hydrogens is 452 g/mol. The number of halogens is 1. The second-order valence-electron chi connectivity index (χ2n) is 7.01. The number of nitro benzene ring substituents is 1. The third-order valence-electron chi connectivity index (χ3n) is 4.63. The average molecular weight is 471 g/mol. The first-order valence-corrected chi connectivity index (χ1v) is 10.3. The molecule has 0 saturated carbocycles. The van der Waals surface area contributed by atoms with Crippen LogP contribution in [0.1, 0.15) is 28.8 Å². The van der Waals surface area contributed by atoms with Crippen LogP contribution < -0.4 is 10.1 Å². The fraction of sp³-hybridized carbons (Fsp3) is 0.190. The lowest BCUT2D eigenvalue weighted by Crippen LogP contribution is -2.10. The van der Waals surface area contributed by atoms with Gasteiger partial charge in [-0.1, -0.05) is 11.6 Å². The second kappa shape index (κ2) is 9.57. The van der Waals surface area contributed by atoms with E-state index in [9.17, 15) is 14.9 Å². The van der Waals surface area contributed by atoms with E-state index in [1.165, 1.54) is 24.3 Å². The Hall–Kier alpha value is -4.12. The number of hydrogen-bond acceptors (Lipinski definition) is 7. The van der Waals surface area contributed by atoms with Crippen molar-refractivity contribution in [1.29, 1.82) is 0 Å². The van der Waals surface area contributed by atoms with Gasteiger partial charge in [-0.25, -0.2) is 0 Å². The van der Waals surface area contributed by atoms with Gasteiger partial charge < -0.3 is 14.5 Å². The summed E-state index contributed by atoms with van der Waals surface area (Å²) in [5, 5.41) is 22.1. The van der Waals surface area contributed by atoms with Crippen molar-refractivity contribution >= 4 is 28.9 Å². The molecule has 0 bridgehead atoms. The third-order valence-corrected chi connectivity index (χ3v) is 4.92. The summed E-state index contributed by atoms with van der Waals surface area (Å²) in [6, 6.07) is 7.02. The van der Waals surface area contributed by atoms with Crippen LogP contribution >= 0.6 is 11.6 Å². The molecule has 0 unspecified atom stereocenters. The molecule has 1 aromatic carbocycles. The van der Waals surface area contributed by atoms with Gasteiger partial charge in [-0.15, -0.1) is 0 Å². The van der Waals surface area contributed by atoms with Crippen LogP contribution in [0, 0.1) is 10.1 Å². The van der Waals surface area contributed by atoms with Crippen LogP contribution in [0.15, 0.2) is 59.5 Å². The highest BCUT2D eigenvalue weighted by Gasteiger charge is 2.15. The zero-order valence-electron chi connectivity index (χ0n) is 17.5. The lowest BCUT2D eigenvalue weighted by molar-refractivity contribution is -0.384. The van der Waals surface area contributed by atoms with Crippen LogP contribution in [0.5, 0.6) is 5.75 Å². The van der Waals surface area contributed by atoms with Crippen LogP contribution in [0.3, 0.4) is 0 Å². The molecule has 170 valence electrons. The molecule has 0 aliphatic rings. The number of nitrogens with zero attached hydrogens (tertiary/aromatic N) is 5. The van der Waals surface area contributed by atoms with E-state index in [1.807, 2.05) is 17.8 Å². The number of benzene rings is 1. The van der Waals surface area contributed by atoms with Gasteiger partial charge in [-0.2, -0.15) is 10.2 Å². The van der Waals surface area contributed by atoms with Gasteiger partial charge in [0.2, 0.25) is 0 Å². The van der Waals surface area contributed by atoms with Gasteiger partial charge >= 0.3 is 0 Å². The standard InChI is InChI=1S/C21H19ClN6O5/c1-2-26-10-14(8-23-26)11-27-12-15(9-24-27)25-21(29)20-6-4-17(33-20)13-32-19-5-3-16(28(30)31)7-18(19)22/h3-10,12H,2,11,13H2,1H3,(H,25,29). The van der Waals surface area contributed by atoms with Crippen LogP contribution in [-0.2, 0) is 19.7 Å². The minimum Gasteiger partial charge on any atom is -0.484 e. The molecular formula is C21H19ClN6O5. The molecule has 0 fully saturated rings. The molecule has 0 spiro atoms. The van der Waals surface area contributed by atoms with E-state index in [0.717, 1.165) is 12.1 Å². The van der Waals surface area contributed by atoms with Crippen molar-refractivity contribution in [2.75, 3.05) is 5.32 Å².